The molecule has 0 aliphatic rings. The van der Waals surface area contributed by atoms with Crippen molar-refractivity contribution in [1.82, 2.24) is 4.57 Å². The summed E-state index contributed by atoms with van der Waals surface area (Å²) in [7, 11) is 0. The van der Waals surface area contributed by atoms with Crippen molar-refractivity contribution in [2.75, 3.05) is 0 Å². The summed E-state index contributed by atoms with van der Waals surface area (Å²) < 4.78 is 1.70. The normalized spacial score (nSPS) is 10.7. The molecule has 0 amide bonds. The highest BCUT2D eigenvalue weighted by atomic mass is 35.5. The molecule has 1 aromatic heterocycles. The quantitative estimate of drug-likeness (QED) is 0.891. The van der Waals surface area contributed by atoms with Gasteiger partial charge in [-0.25, -0.2) is 4.79 Å². The Bertz CT molecular complexity index is 661. The molecule has 0 bridgehead atoms. The number of carboxylic acid groups (broad SMARTS) is 1. The van der Waals surface area contributed by atoms with Crippen LogP contribution in [0.3, 0.4) is 0 Å². The number of carboxylic acids is 1. The maximum absolute atomic E-state index is 12.0. The van der Waals surface area contributed by atoms with Crippen LogP contribution in [0.15, 0.2) is 29.2 Å². The monoisotopic (exact) mass is 251 g/mol. The van der Waals surface area contributed by atoms with Crippen LogP contribution in [-0.2, 0) is 6.54 Å². The Morgan fingerprint density at radius 3 is 2.76 bits per heavy atom. The van der Waals surface area contributed by atoms with E-state index in [9.17, 15) is 9.59 Å². The van der Waals surface area contributed by atoms with E-state index in [-0.39, 0.29) is 16.0 Å². The highest BCUT2D eigenvalue weighted by Crippen LogP contribution is 2.20. The van der Waals surface area contributed by atoms with E-state index in [0.717, 1.165) is 0 Å². The minimum atomic E-state index is -1.24. The topological polar surface area (TPSA) is 59.3 Å². The van der Waals surface area contributed by atoms with E-state index in [4.69, 9.17) is 16.7 Å². The maximum Gasteiger partial charge on any atom is 0.341 e. The maximum atomic E-state index is 12.0. The molecule has 17 heavy (non-hydrogen) atoms. The van der Waals surface area contributed by atoms with Crippen LogP contribution in [0, 0.1) is 0 Å². The molecule has 0 spiro atoms. The van der Waals surface area contributed by atoms with E-state index in [1.165, 1.54) is 6.20 Å². The second kappa shape index (κ2) is 4.22. The summed E-state index contributed by atoms with van der Waals surface area (Å²) in [5, 5.41) is 9.52. The molecule has 1 N–H and O–H groups in total. The molecule has 0 saturated carbocycles. The first-order valence-electron chi connectivity index (χ1n) is 5.11. The van der Waals surface area contributed by atoms with Gasteiger partial charge in [0, 0.05) is 12.7 Å². The number of hydrogen-bond donors (Lipinski definition) is 1. The molecule has 0 aliphatic heterocycles. The Morgan fingerprint density at radius 2 is 2.18 bits per heavy atom. The SMILES string of the molecule is CCn1cc(C(=O)O)c(=O)c2c(Cl)cccc21. The zero-order valence-electron chi connectivity index (χ0n) is 9.11. The van der Waals surface area contributed by atoms with Crippen molar-refractivity contribution in [2.24, 2.45) is 0 Å². The summed E-state index contributed by atoms with van der Waals surface area (Å²) in [5.74, 6) is -1.24. The van der Waals surface area contributed by atoms with E-state index in [1.54, 1.807) is 22.8 Å². The van der Waals surface area contributed by atoms with Crippen LogP contribution in [0.5, 0.6) is 0 Å². The summed E-state index contributed by atoms with van der Waals surface area (Å²) >= 11 is 5.96. The average molecular weight is 252 g/mol. The first-order valence-corrected chi connectivity index (χ1v) is 5.49. The smallest absolute Gasteiger partial charge is 0.341 e. The number of fused-ring (bicyclic) bond motifs is 1. The molecule has 88 valence electrons. The van der Waals surface area contributed by atoms with Gasteiger partial charge in [0.05, 0.1) is 15.9 Å². The number of aromatic nitrogens is 1. The number of aryl methyl sites for hydroxylation is 1. The van der Waals surface area contributed by atoms with Crippen LogP contribution >= 0.6 is 11.6 Å². The van der Waals surface area contributed by atoms with Crippen LogP contribution in [0.2, 0.25) is 5.02 Å². The molecule has 0 saturated heterocycles. The lowest BCUT2D eigenvalue weighted by Gasteiger charge is -2.10. The molecule has 1 heterocycles. The molecule has 1 aromatic carbocycles. The molecule has 2 aromatic rings. The Labute approximate surface area is 102 Å². The van der Waals surface area contributed by atoms with E-state index < -0.39 is 11.4 Å². The molecule has 4 nitrogen and oxygen atoms in total. The minimum Gasteiger partial charge on any atom is -0.477 e. The van der Waals surface area contributed by atoms with Gasteiger partial charge in [-0.3, -0.25) is 4.79 Å². The molecule has 0 fully saturated rings. The Morgan fingerprint density at radius 1 is 1.47 bits per heavy atom. The molecular formula is C12H10ClNO3. The van der Waals surface area contributed by atoms with E-state index in [0.29, 0.717) is 12.1 Å². The zero-order chi connectivity index (χ0) is 12.6. The van der Waals surface area contributed by atoms with Gasteiger partial charge in [0.1, 0.15) is 5.56 Å². The summed E-state index contributed by atoms with van der Waals surface area (Å²) in [6.07, 6.45) is 1.35. The number of hydrogen-bond acceptors (Lipinski definition) is 2. The summed E-state index contributed by atoms with van der Waals surface area (Å²) in [6.45, 7) is 2.44. The molecule has 0 radical (unpaired) electrons. The number of halogens is 1. The fourth-order valence-corrected chi connectivity index (χ4v) is 2.06. The van der Waals surface area contributed by atoms with Crippen LogP contribution in [0.1, 0.15) is 17.3 Å². The standard InChI is InChI=1S/C12H10ClNO3/c1-2-14-6-7(12(16)17)11(15)10-8(13)4-3-5-9(10)14/h3-6H,2H2,1H3,(H,16,17). The molecule has 0 aliphatic carbocycles. The predicted molar refractivity (Wildman–Crippen MR) is 65.9 cm³/mol. The first kappa shape index (κ1) is 11.7. The fourth-order valence-electron chi connectivity index (χ4n) is 1.81. The van der Waals surface area contributed by atoms with E-state index in [2.05, 4.69) is 0 Å². The lowest BCUT2D eigenvalue weighted by Crippen LogP contribution is -2.18. The van der Waals surface area contributed by atoms with Crippen molar-refractivity contribution in [3.63, 3.8) is 0 Å². The molecular weight excluding hydrogens is 242 g/mol. The lowest BCUT2D eigenvalue weighted by molar-refractivity contribution is 0.0695. The third-order valence-corrected chi connectivity index (χ3v) is 2.94. The van der Waals surface area contributed by atoms with Crippen molar-refractivity contribution in [3.05, 3.63) is 45.2 Å². The number of aromatic carboxylic acids is 1. The molecule has 2 rings (SSSR count). The number of nitrogens with zero attached hydrogens (tertiary/aromatic N) is 1. The number of pyridine rings is 1. The van der Waals surface area contributed by atoms with Gasteiger partial charge < -0.3 is 9.67 Å². The summed E-state index contributed by atoms with van der Waals surface area (Å²) in [6, 6.07) is 5.06. The van der Waals surface area contributed by atoms with Crippen LogP contribution in [0.4, 0.5) is 0 Å². The van der Waals surface area contributed by atoms with Crippen LogP contribution in [-0.4, -0.2) is 15.6 Å². The van der Waals surface area contributed by atoms with Gasteiger partial charge >= 0.3 is 5.97 Å². The van der Waals surface area contributed by atoms with Crippen molar-refractivity contribution >= 4 is 28.5 Å². The fraction of sp³-hybridized carbons (Fsp3) is 0.167. The van der Waals surface area contributed by atoms with Gasteiger partial charge in [0.25, 0.3) is 0 Å². The predicted octanol–water partition coefficient (Wildman–Crippen LogP) is 2.37. The molecule has 0 atom stereocenters. The van der Waals surface area contributed by atoms with Gasteiger partial charge in [-0.15, -0.1) is 0 Å². The summed E-state index contributed by atoms with van der Waals surface area (Å²) in [4.78, 5) is 23.0. The third kappa shape index (κ3) is 1.80. The number of benzene rings is 1. The van der Waals surface area contributed by atoms with Gasteiger partial charge in [-0.1, -0.05) is 17.7 Å². The van der Waals surface area contributed by atoms with Crippen molar-refractivity contribution in [3.8, 4) is 0 Å². The van der Waals surface area contributed by atoms with Crippen LogP contribution < -0.4 is 5.43 Å². The van der Waals surface area contributed by atoms with E-state index >= 15 is 0 Å². The molecule has 5 heteroatoms. The second-order valence-corrected chi connectivity index (χ2v) is 4.00. The van der Waals surface area contributed by atoms with E-state index in [1.807, 2.05) is 6.92 Å². The highest BCUT2D eigenvalue weighted by Gasteiger charge is 2.15. The van der Waals surface area contributed by atoms with Gasteiger partial charge in [0.15, 0.2) is 0 Å². The third-order valence-electron chi connectivity index (χ3n) is 2.63. The van der Waals surface area contributed by atoms with Gasteiger partial charge in [-0.2, -0.15) is 0 Å². The van der Waals surface area contributed by atoms with Crippen LogP contribution in [0.25, 0.3) is 10.9 Å². The summed E-state index contributed by atoms with van der Waals surface area (Å²) in [5.41, 5.74) is -0.148. The van der Waals surface area contributed by atoms with Crippen molar-refractivity contribution in [2.45, 2.75) is 13.5 Å². The molecule has 0 unspecified atom stereocenters. The highest BCUT2D eigenvalue weighted by molar-refractivity contribution is 6.35. The first-order chi connectivity index (χ1) is 8.06. The zero-order valence-corrected chi connectivity index (χ0v) is 9.86. The lowest BCUT2D eigenvalue weighted by atomic mass is 10.1. The average Bonchev–Trinajstić information content (AvgIpc) is 2.29. The van der Waals surface area contributed by atoms with Crippen molar-refractivity contribution < 1.29 is 9.90 Å². The van der Waals surface area contributed by atoms with Gasteiger partial charge in [0.2, 0.25) is 5.43 Å². The van der Waals surface area contributed by atoms with Gasteiger partial charge in [-0.05, 0) is 19.1 Å². The Balaban J connectivity index is 3.02. The largest absolute Gasteiger partial charge is 0.477 e. The minimum absolute atomic E-state index is 0.257. The Hall–Kier alpha value is -1.81. The number of rotatable bonds is 2. The number of carbonyl (C=O) groups is 1. The Kier molecular flexibility index (Phi) is 2.90. The second-order valence-electron chi connectivity index (χ2n) is 3.60. The van der Waals surface area contributed by atoms with Crippen molar-refractivity contribution in [1.29, 1.82) is 0 Å².